The molecule has 1 atom stereocenters. The summed E-state index contributed by atoms with van der Waals surface area (Å²) in [6, 6.07) is 4.33. The lowest BCUT2D eigenvalue weighted by atomic mass is 9.93. The molecule has 0 spiro atoms. The first kappa shape index (κ1) is 28.7. The van der Waals surface area contributed by atoms with Crippen molar-refractivity contribution < 1.29 is 28.6 Å². The molecule has 0 aromatic heterocycles. The van der Waals surface area contributed by atoms with Gasteiger partial charge in [0.1, 0.15) is 11.5 Å². The van der Waals surface area contributed by atoms with Crippen LogP contribution in [0.4, 0.5) is 4.79 Å². The lowest BCUT2D eigenvalue weighted by molar-refractivity contribution is -0.139. The highest BCUT2D eigenvalue weighted by Gasteiger charge is 2.39. The van der Waals surface area contributed by atoms with E-state index in [9.17, 15) is 14.4 Å². The van der Waals surface area contributed by atoms with Gasteiger partial charge in [-0.2, -0.15) is 0 Å². The van der Waals surface area contributed by atoms with Crippen LogP contribution in [-0.2, 0) is 14.3 Å². The van der Waals surface area contributed by atoms with E-state index in [-0.39, 0.29) is 24.5 Å². The Kier molecular flexibility index (Phi) is 9.72. The van der Waals surface area contributed by atoms with Crippen molar-refractivity contribution in [3.05, 3.63) is 35.0 Å². The third kappa shape index (κ3) is 6.49. The SMILES string of the molecule is CCOC(=O)C1=C(CN2CCCN(C(=O)C3CCCC3)CC2)N(CC)C(=O)NC1c1cc(OC)cc(OC)c1. The maximum absolute atomic E-state index is 13.5. The zero-order valence-corrected chi connectivity index (χ0v) is 23.7. The normalized spacial score (nSPS) is 21.0. The number of hydrogen-bond acceptors (Lipinski definition) is 7. The van der Waals surface area contributed by atoms with Crippen LogP contribution in [0.25, 0.3) is 0 Å². The van der Waals surface area contributed by atoms with Crippen LogP contribution in [0.2, 0.25) is 0 Å². The molecule has 3 aliphatic rings. The molecule has 1 unspecified atom stereocenters. The van der Waals surface area contributed by atoms with Gasteiger partial charge < -0.3 is 24.4 Å². The molecular weight excluding hydrogens is 500 g/mol. The zero-order chi connectivity index (χ0) is 27.9. The van der Waals surface area contributed by atoms with Gasteiger partial charge in [-0.3, -0.25) is 14.6 Å². The van der Waals surface area contributed by atoms with Gasteiger partial charge in [0, 0.05) is 56.9 Å². The summed E-state index contributed by atoms with van der Waals surface area (Å²) in [4.78, 5) is 45.7. The summed E-state index contributed by atoms with van der Waals surface area (Å²) in [5, 5.41) is 3.00. The van der Waals surface area contributed by atoms with E-state index >= 15 is 0 Å². The summed E-state index contributed by atoms with van der Waals surface area (Å²) in [6.07, 6.45) is 5.10. The number of benzene rings is 1. The number of urea groups is 1. The highest BCUT2D eigenvalue weighted by atomic mass is 16.5. The predicted molar refractivity (Wildman–Crippen MR) is 146 cm³/mol. The number of ether oxygens (including phenoxy) is 3. The molecule has 1 N–H and O–H groups in total. The van der Waals surface area contributed by atoms with Crippen molar-refractivity contribution in [2.75, 3.05) is 60.1 Å². The van der Waals surface area contributed by atoms with E-state index in [1.165, 1.54) is 0 Å². The van der Waals surface area contributed by atoms with Crippen molar-refractivity contribution in [3.63, 3.8) is 0 Å². The summed E-state index contributed by atoms with van der Waals surface area (Å²) in [6.45, 7) is 7.50. The van der Waals surface area contributed by atoms with Gasteiger partial charge in [-0.05, 0) is 50.8 Å². The van der Waals surface area contributed by atoms with Crippen molar-refractivity contribution in [2.24, 2.45) is 5.92 Å². The minimum atomic E-state index is -0.731. The van der Waals surface area contributed by atoms with Crippen LogP contribution < -0.4 is 14.8 Å². The number of nitrogens with one attached hydrogen (secondary N) is 1. The number of nitrogens with zero attached hydrogens (tertiary/aromatic N) is 3. The molecule has 2 aliphatic heterocycles. The lowest BCUT2D eigenvalue weighted by Gasteiger charge is -2.38. The van der Waals surface area contributed by atoms with E-state index in [4.69, 9.17) is 14.2 Å². The lowest BCUT2D eigenvalue weighted by Crippen LogP contribution is -2.51. The van der Waals surface area contributed by atoms with Gasteiger partial charge in [0.25, 0.3) is 0 Å². The molecule has 1 saturated heterocycles. The average molecular weight is 543 g/mol. The fourth-order valence-electron chi connectivity index (χ4n) is 5.90. The number of carbonyl (C=O) groups excluding carboxylic acids is 3. The zero-order valence-electron chi connectivity index (χ0n) is 23.7. The molecular formula is C29H42N4O6. The molecule has 39 heavy (non-hydrogen) atoms. The molecule has 3 amide bonds. The molecule has 1 aromatic rings. The van der Waals surface area contributed by atoms with Crippen molar-refractivity contribution in [2.45, 2.75) is 52.0 Å². The number of likely N-dealkylation sites (N-methyl/N-ethyl adjacent to an activating group) is 1. The van der Waals surface area contributed by atoms with Crippen molar-refractivity contribution in [3.8, 4) is 11.5 Å². The van der Waals surface area contributed by atoms with E-state index in [1.54, 1.807) is 44.2 Å². The first-order chi connectivity index (χ1) is 18.9. The second-order valence-corrected chi connectivity index (χ2v) is 10.3. The van der Waals surface area contributed by atoms with Gasteiger partial charge in [-0.15, -0.1) is 0 Å². The molecule has 0 bridgehead atoms. The summed E-state index contributed by atoms with van der Waals surface area (Å²) < 4.78 is 16.4. The Labute approximate surface area is 231 Å². The second-order valence-electron chi connectivity index (χ2n) is 10.3. The molecule has 2 fully saturated rings. The van der Waals surface area contributed by atoms with Crippen molar-refractivity contribution in [1.29, 1.82) is 0 Å². The molecule has 1 aromatic carbocycles. The van der Waals surface area contributed by atoms with Crippen LogP contribution in [0.5, 0.6) is 11.5 Å². The number of esters is 1. The average Bonchev–Trinajstić information content (AvgIpc) is 3.39. The third-order valence-corrected chi connectivity index (χ3v) is 7.94. The standard InChI is InChI=1S/C29H42N4O6/c1-5-33-24(19-31-12-9-13-32(15-14-31)27(34)20-10-7-8-11-20)25(28(35)39-6-2)26(30-29(33)36)21-16-22(37-3)18-23(17-21)38-4/h16-18,20,26H,5-15,19H2,1-4H3,(H,30,36). The first-order valence-electron chi connectivity index (χ1n) is 14.1. The summed E-state index contributed by atoms with van der Waals surface area (Å²) in [5.74, 6) is 1.08. The van der Waals surface area contributed by atoms with Crippen molar-refractivity contribution >= 4 is 17.9 Å². The molecule has 2 heterocycles. The monoisotopic (exact) mass is 542 g/mol. The predicted octanol–water partition coefficient (Wildman–Crippen LogP) is 3.33. The number of hydrogen-bond donors (Lipinski definition) is 1. The molecule has 0 radical (unpaired) electrons. The molecule has 10 nitrogen and oxygen atoms in total. The topological polar surface area (TPSA) is 101 Å². The number of methoxy groups -OCH3 is 2. The number of carbonyl (C=O) groups is 3. The van der Waals surface area contributed by atoms with Gasteiger partial charge in [0.2, 0.25) is 5.91 Å². The Balaban J connectivity index is 1.66. The Morgan fingerprint density at radius 1 is 0.949 bits per heavy atom. The summed E-state index contributed by atoms with van der Waals surface area (Å²) >= 11 is 0. The van der Waals surface area contributed by atoms with Gasteiger partial charge in [-0.1, -0.05) is 12.8 Å². The number of rotatable bonds is 9. The fourth-order valence-corrected chi connectivity index (χ4v) is 5.90. The highest BCUT2D eigenvalue weighted by Crippen LogP contribution is 2.36. The fraction of sp³-hybridized carbons (Fsp3) is 0.621. The van der Waals surface area contributed by atoms with E-state index in [2.05, 4.69) is 10.2 Å². The largest absolute Gasteiger partial charge is 0.497 e. The molecule has 214 valence electrons. The maximum atomic E-state index is 13.5. The Bertz CT molecular complexity index is 1060. The molecule has 1 saturated carbocycles. The highest BCUT2D eigenvalue weighted by molar-refractivity contribution is 5.95. The minimum Gasteiger partial charge on any atom is -0.497 e. The van der Waals surface area contributed by atoms with E-state index in [0.717, 1.165) is 45.2 Å². The number of amides is 3. The van der Waals surface area contributed by atoms with Gasteiger partial charge in [0.15, 0.2) is 0 Å². The van der Waals surface area contributed by atoms with E-state index in [1.807, 2.05) is 11.8 Å². The van der Waals surface area contributed by atoms with E-state index in [0.29, 0.717) is 54.5 Å². The molecule has 1 aliphatic carbocycles. The molecule has 10 heteroatoms. The molecule has 4 rings (SSSR count). The second kappa shape index (κ2) is 13.2. The maximum Gasteiger partial charge on any atom is 0.338 e. The summed E-state index contributed by atoms with van der Waals surface area (Å²) in [5.41, 5.74) is 1.69. The van der Waals surface area contributed by atoms with Crippen LogP contribution in [0.1, 0.15) is 57.6 Å². The Morgan fingerprint density at radius 3 is 2.26 bits per heavy atom. The van der Waals surface area contributed by atoms with Crippen LogP contribution in [0.15, 0.2) is 29.5 Å². The van der Waals surface area contributed by atoms with Crippen LogP contribution in [0.3, 0.4) is 0 Å². The Morgan fingerprint density at radius 2 is 1.64 bits per heavy atom. The first-order valence-corrected chi connectivity index (χ1v) is 14.1. The summed E-state index contributed by atoms with van der Waals surface area (Å²) in [7, 11) is 3.12. The van der Waals surface area contributed by atoms with Gasteiger partial charge >= 0.3 is 12.0 Å². The van der Waals surface area contributed by atoms with Gasteiger partial charge in [0.05, 0.1) is 32.4 Å². The van der Waals surface area contributed by atoms with Crippen LogP contribution in [-0.4, -0.2) is 92.7 Å². The van der Waals surface area contributed by atoms with Crippen LogP contribution in [0, 0.1) is 5.92 Å². The van der Waals surface area contributed by atoms with Crippen molar-refractivity contribution in [1.82, 2.24) is 20.0 Å². The van der Waals surface area contributed by atoms with E-state index < -0.39 is 12.0 Å². The third-order valence-electron chi connectivity index (χ3n) is 7.94. The van der Waals surface area contributed by atoms with Crippen LogP contribution >= 0.6 is 0 Å². The quantitative estimate of drug-likeness (QED) is 0.478. The minimum absolute atomic E-state index is 0.160. The Hall–Kier alpha value is -3.27. The smallest absolute Gasteiger partial charge is 0.338 e. The van der Waals surface area contributed by atoms with Gasteiger partial charge in [-0.25, -0.2) is 9.59 Å².